The van der Waals surface area contributed by atoms with E-state index in [1.165, 1.54) is 5.56 Å². The number of carbonyl (C=O) groups excluding carboxylic acids is 3. The molecule has 0 radical (unpaired) electrons. The molecule has 8 heteroatoms. The van der Waals surface area contributed by atoms with Crippen LogP contribution in [0.4, 0.5) is 4.79 Å². The molecule has 0 heterocycles. The lowest BCUT2D eigenvalue weighted by Gasteiger charge is -2.24. The number of methoxy groups -OCH3 is 1. The first-order valence-electron chi connectivity index (χ1n) is 12.1. The number of amides is 1. The minimum atomic E-state index is -1.16. The normalized spacial score (nSPS) is 15.2. The number of esters is 2. The zero-order valence-corrected chi connectivity index (χ0v) is 20.9. The van der Waals surface area contributed by atoms with Gasteiger partial charge in [-0.1, -0.05) is 18.6 Å². The van der Waals surface area contributed by atoms with Crippen molar-refractivity contribution in [3.8, 4) is 5.75 Å². The van der Waals surface area contributed by atoms with Crippen molar-refractivity contribution in [2.24, 2.45) is 0 Å². The lowest BCUT2D eigenvalue weighted by molar-refractivity contribution is -0.156. The van der Waals surface area contributed by atoms with Gasteiger partial charge in [0.1, 0.15) is 23.5 Å². The number of ether oxygens (including phenoxy) is 4. The summed E-state index contributed by atoms with van der Waals surface area (Å²) in [6.07, 6.45) is 5.97. The molecular formula is C26H39NO7. The van der Waals surface area contributed by atoms with Gasteiger partial charge in [0.05, 0.1) is 20.1 Å². The Morgan fingerprint density at radius 1 is 1.03 bits per heavy atom. The summed E-state index contributed by atoms with van der Waals surface area (Å²) in [5.74, 6) is -0.386. The Hall–Kier alpha value is -2.77. The summed E-state index contributed by atoms with van der Waals surface area (Å²) in [5, 5.41) is 2.47. The summed E-state index contributed by atoms with van der Waals surface area (Å²) in [6.45, 7) is 5.36. The van der Waals surface area contributed by atoms with Crippen LogP contribution in [0.5, 0.6) is 5.75 Å². The average molecular weight is 478 g/mol. The molecule has 0 aliphatic heterocycles. The first-order valence-corrected chi connectivity index (χ1v) is 12.1. The quantitative estimate of drug-likeness (QED) is 0.280. The summed E-state index contributed by atoms with van der Waals surface area (Å²) in [7, 11) is 1.63. The Kier molecular flexibility index (Phi) is 11.2. The fourth-order valence-electron chi connectivity index (χ4n) is 3.72. The smallest absolute Gasteiger partial charge is 0.408 e. The maximum atomic E-state index is 12.7. The summed E-state index contributed by atoms with van der Waals surface area (Å²) in [4.78, 5) is 37.3. The molecule has 0 aromatic heterocycles. The Balaban J connectivity index is 1.82. The number of hydrogen-bond acceptors (Lipinski definition) is 7. The zero-order valence-electron chi connectivity index (χ0n) is 20.9. The largest absolute Gasteiger partial charge is 0.497 e. The van der Waals surface area contributed by atoms with E-state index < -0.39 is 29.7 Å². The molecule has 1 aromatic carbocycles. The van der Waals surface area contributed by atoms with Crippen molar-refractivity contribution < 1.29 is 33.3 Å². The Bertz CT molecular complexity index is 779. The molecule has 1 saturated carbocycles. The fraction of sp³-hybridized carbons (Fsp3) is 0.654. The van der Waals surface area contributed by atoms with E-state index in [0.717, 1.165) is 50.7 Å². The lowest BCUT2D eigenvalue weighted by Crippen LogP contribution is -2.46. The van der Waals surface area contributed by atoms with E-state index in [4.69, 9.17) is 18.9 Å². The molecule has 2 rings (SSSR count). The Labute approximate surface area is 202 Å². The molecule has 0 unspecified atom stereocenters. The highest BCUT2D eigenvalue weighted by Gasteiger charge is 2.29. The van der Waals surface area contributed by atoms with Gasteiger partial charge in [0.2, 0.25) is 0 Å². The second kappa shape index (κ2) is 13.8. The summed E-state index contributed by atoms with van der Waals surface area (Å²) in [5.41, 5.74) is 0.435. The van der Waals surface area contributed by atoms with Crippen molar-refractivity contribution in [1.82, 2.24) is 5.32 Å². The van der Waals surface area contributed by atoms with Crippen molar-refractivity contribution in [3.05, 3.63) is 29.8 Å². The second-order valence-electron chi connectivity index (χ2n) is 9.63. The van der Waals surface area contributed by atoms with Crippen molar-refractivity contribution in [2.75, 3.05) is 13.7 Å². The molecule has 1 fully saturated rings. The summed E-state index contributed by atoms with van der Waals surface area (Å²) < 4.78 is 21.3. The van der Waals surface area contributed by atoms with Crippen LogP contribution in [0, 0.1) is 0 Å². The molecule has 0 saturated heterocycles. The van der Waals surface area contributed by atoms with Gasteiger partial charge in [0.15, 0.2) is 0 Å². The molecule has 1 N–H and O–H groups in total. The van der Waals surface area contributed by atoms with Crippen molar-refractivity contribution in [2.45, 2.75) is 96.3 Å². The van der Waals surface area contributed by atoms with Gasteiger partial charge < -0.3 is 24.3 Å². The van der Waals surface area contributed by atoms with Crippen molar-refractivity contribution >= 4 is 18.0 Å². The standard InChI is InChI=1S/C26H39NO7/c1-26(2,3)34-25(30)27-22(18-23(28)33-21-11-6-5-7-12-21)24(29)32-17-9-8-10-19-13-15-20(31-4)16-14-19/h13-16,21-22H,5-12,17-18H2,1-4H3,(H,27,30)/t22-/m0/s1. The van der Waals surface area contributed by atoms with E-state index in [0.29, 0.717) is 6.42 Å². The number of aryl methyl sites for hydroxylation is 1. The first-order chi connectivity index (χ1) is 16.2. The second-order valence-corrected chi connectivity index (χ2v) is 9.63. The Morgan fingerprint density at radius 3 is 2.32 bits per heavy atom. The van der Waals surface area contributed by atoms with Crippen LogP contribution in [0.3, 0.4) is 0 Å². The number of benzene rings is 1. The molecule has 0 bridgehead atoms. The molecule has 1 amide bonds. The van der Waals surface area contributed by atoms with Crippen molar-refractivity contribution in [1.29, 1.82) is 0 Å². The number of rotatable bonds is 11. The molecule has 190 valence electrons. The van der Waals surface area contributed by atoms with Gasteiger partial charge in [-0.3, -0.25) is 4.79 Å². The molecule has 1 aromatic rings. The number of nitrogens with one attached hydrogen (secondary N) is 1. The number of hydrogen-bond donors (Lipinski definition) is 1. The molecule has 0 spiro atoms. The highest BCUT2D eigenvalue weighted by atomic mass is 16.6. The van der Waals surface area contributed by atoms with E-state index in [1.807, 2.05) is 24.3 Å². The van der Waals surface area contributed by atoms with Gasteiger partial charge in [-0.05, 0) is 83.4 Å². The SMILES string of the molecule is COc1ccc(CCCCOC(=O)[C@H](CC(=O)OC2CCCCC2)NC(=O)OC(C)(C)C)cc1. The van der Waals surface area contributed by atoms with Crippen LogP contribution < -0.4 is 10.1 Å². The minimum absolute atomic E-state index is 0.127. The molecular weight excluding hydrogens is 438 g/mol. The monoisotopic (exact) mass is 477 g/mol. The number of unbranched alkanes of at least 4 members (excludes halogenated alkanes) is 1. The number of alkyl carbamates (subject to hydrolysis) is 1. The minimum Gasteiger partial charge on any atom is -0.497 e. The molecule has 1 aliphatic carbocycles. The highest BCUT2D eigenvalue weighted by Crippen LogP contribution is 2.21. The molecule has 34 heavy (non-hydrogen) atoms. The summed E-state index contributed by atoms with van der Waals surface area (Å²) >= 11 is 0. The molecule has 8 nitrogen and oxygen atoms in total. The van der Waals surface area contributed by atoms with Gasteiger partial charge in [-0.15, -0.1) is 0 Å². The first kappa shape index (κ1) is 27.5. The molecule has 1 atom stereocenters. The van der Waals surface area contributed by atoms with E-state index >= 15 is 0 Å². The van der Waals surface area contributed by atoms with E-state index in [9.17, 15) is 14.4 Å². The molecule has 1 aliphatic rings. The van der Waals surface area contributed by atoms with Crippen LogP contribution in [-0.4, -0.2) is 49.5 Å². The third kappa shape index (κ3) is 10.9. The van der Waals surface area contributed by atoms with Gasteiger partial charge >= 0.3 is 18.0 Å². The van der Waals surface area contributed by atoms with E-state index in [1.54, 1.807) is 27.9 Å². The number of carbonyl (C=O) groups is 3. The van der Waals surface area contributed by atoms with E-state index in [2.05, 4.69) is 5.32 Å². The maximum Gasteiger partial charge on any atom is 0.408 e. The van der Waals surface area contributed by atoms with Crippen LogP contribution in [-0.2, 0) is 30.2 Å². The van der Waals surface area contributed by atoms with Crippen LogP contribution in [0.15, 0.2) is 24.3 Å². The van der Waals surface area contributed by atoms with Crippen molar-refractivity contribution in [3.63, 3.8) is 0 Å². The van der Waals surface area contributed by atoms with Gasteiger partial charge in [-0.2, -0.15) is 0 Å². The maximum absolute atomic E-state index is 12.7. The van der Waals surface area contributed by atoms with Crippen LogP contribution in [0.2, 0.25) is 0 Å². The topological polar surface area (TPSA) is 100 Å². The lowest BCUT2D eigenvalue weighted by atomic mass is 9.98. The highest BCUT2D eigenvalue weighted by molar-refractivity contribution is 5.86. The average Bonchev–Trinajstić information content (AvgIpc) is 2.78. The van der Waals surface area contributed by atoms with Gasteiger partial charge in [-0.25, -0.2) is 9.59 Å². The van der Waals surface area contributed by atoms with Gasteiger partial charge in [0, 0.05) is 0 Å². The third-order valence-electron chi connectivity index (χ3n) is 5.46. The zero-order chi connectivity index (χ0) is 25.0. The van der Waals surface area contributed by atoms with Crippen LogP contribution >= 0.6 is 0 Å². The predicted octanol–water partition coefficient (Wildman–Crippen LogP) is 4.72. The van der Waals surface area contributed by atoms with E-state index in [-0.39, 0.29) is 19.1 Å². The fourth-order valence-corrected chi connectivity index (χ4v) is 3.72. The van der Waals surface area contributed by atoms with Crippen LogP contribution in [0.25, 0.3) is 0 Å². The predicted molar refractivity (Wildman–Crippen MR) is 128 cm³/mol. The third-order valence-corrected chi connectivity index (χ3v) is 5.46. The Morgan fingerprint density at radius 2 is 1.71 bits per heavy atom. The van der Waals surface area contributed by atoms with Gasteiger partial charge in [0.25, 0.3) is 0 Å². The summed E-state index contributed by atoms with van der Waals surface area (Å²) in [6, 6.07) is 6.67. The van der Waals surface area contributed by atoms with Crippen LogP contribution in [0.1, 0.15) is 77.7 Å².